The first-order valence-corrected chi connectivity index (χ1v) is 5.56. The molecule has 0 N–H and O–H groups in total. The molecule has 0 bridgehead atoms. The maximum atomic E-state index is 5.80. The van der Waals surface area contributed by atoms with Crippen molar-refractivity contribution >= 4 is 27.5 Å². The van der Waals surface area contributed by atoms with Gasteiger partial charge in [-0.15, -0.1) is 0 Å². The molecule has 1 saturated heterocycles. The van der Waals surface area contributed by atoms with Crippen molar-refractivity contribution < 1.29 is 4.74 Å². The van der Waals surface area contributed by atoms with Crippen molar-refractivity contribution in [3.63, 3.8) is 0 Å². The summed E-state index contributed by atoms with van der Waals surface area (Å²) in [4.78, 5) is 0.494. The van der Waals surface area contributed by atoms with E-state index in [0.717, 1.165) is 18.1 Å². The van der Waals surface area contributed by atoms with E-state index in [2.05, 4.69) is 15.9 Å². The zero-order valence-electron chi connectivity index (χ0n) is 7.04. The molecule has 1 nitrogen and oxygen atoms in total. The Kier molecular flexibility index (Phi) is 2.92. The van der Waals surface area contributed by atoms with Gasteiger partial charge in [0.15, 0.2) is 0 Å². The Balaban J connectivity index is 2.13. The van der Waals surface area contributed by atoms with Gasteiger partial charge in [0, 0.05) is 9.85 Å². The zero-order valence-corrected chi connectivity index (χ0v) is 9.38. The molecular formula is C10H10BrClO. The third-order valence-electron chi connectivity index (χ3n) is 2.19. The van der Waals surface area contributed by atoms with Crippen LogP contribution in [0.3, 0.4) is 0 Å². The Hall–Kier alpha value is -0.0500. The van der Waals surface area contributed by atoms with Crippen molar-refractivity contribution in [1.82, 2.24) is 0 Å². The minimum Gasteiger partial charge on any atom is -0.372 e. The van der Waals surface area contributed by atoms with Crippen molar-refractivity contribution in [2.45, 2.75) is 17.4 Å². The largest absolute Gasteiger partial charge is 0.372 e. The highest BCUT2D eigenvalue weighted by molar-refractivity contribution is 9.09. The Morgan fingerprint density at radius 1 is 1.31 bits per heavy atom. The Morgan fingerprint density at radius 2 is 2.00 bits per heavy atom. The normalized spacial score (nSPS) is 27.8. The van der Waals surface area contributed by atoms with Gasteiger partial charge in [0.05, 0.1) is 12.7 Å². The lowest BCUT2D eigenvalue weighted by molar-refractivity contribution is 0.112. The molecule has 1 aliphatic rings. The predicted octanol–water partition coefficient (Wildman–Crippen LogP) is 3.56. The van der Waals surface area contributed by atoms with Crippen LogP contribution in [0.4, 0.5) is 0 Å². The van der Waals surface area contributed by atoms with Gasteiger partial charge in [0.1, 0.15) is 0 Å². The van der Waals surface area contributed by atoms with E-state index >= 15 is 0 Å². The van der Waals surface area contributed by atoms with Crippen LogP contribution in [0.5, 0.6) is 0 Å². The molecule has 1 unspecified atom stereocenters. The van der Waals surface area contributed by atoms with Crippen molar-refractivity contribution in [3.05, 3.63) is 34.9 Å². The highest BCUT2D eigenvalue weighted by Gasteiger charge is 2.24. The van der Waals surface area contributed by atoms with Crippen molar-refractivity contribution in [1.29, 1.82) is 0 Å². The first kappa shape index (κ1) is 9.50. The Bertz CT molecular complexity index is 285. The maximum Gasteiger partial charge on any atom is 0.0837 e. The smallest absolute Gasteiger partial charge is 0.0837 e. The van der Waals surface area contributed by atoms with E-state index in [-0.39, 0.29) is 6.10 Å². The van der Waals surface area contributed by atoms with Crippen LogP contribution in [0.1, 0.15) is 18.1 Å². The average molecular weight is 262 g/mol. The molecule has 2 atom stereocenters. The van der Waals surface area contributed by atoms with Gasteiger partial charge >= 0.3 is 0 Å². The predicted molar refractivity (Wildman–Crippen MR) is 57.5 cm³/mol. The fraction of sp³-hybridized carbons (Fsp3) is 0.400. The van der Waals surface area contributed by atoms with Crippen LogP contribution in [0.15, 0.2) is 24.3 Å². The van der Waals surface area contributed by atoms with Crippen LogP contribution >= 0.6 is 27.5 Å². The van der Waals surface area contributed by atoms with Gasteiger partial charge in [-0.05, 0) is 24.1 Å². The molecule has 0 saturated carbocycles. The molecule has 0 aliphatic carbocycles. The first-order valence-electron chi connectivity index (χ1n) is 4.27. The monoisotopic (exact) mass is 260 g/mol. The molecule has 1 aliphatic heterocycles. The summed E-state index contributed by atoms with van der Waals surface area (Å²) in [5.74, 6) is 0. The van der Waals surface area contributed by atoms with Crippen molar-refractivity contribution in [2.75, 3.05) is 6.61 Å². The van der Waals surface area contributed by atoms with E-state index in [1.54, 1.807) is 0 Å². The summed E-state index contributed by atoms with van der Waals surface area (Å²) in [6, 6.07) is 7.86. The Morgan fingerprint density at radius 3 is 2.54 bits per heavy atom. The molecule has 1 aromatic rings. The second-order valence-corrected chi connectivity index (χ2v) is 4.94. The van der Waals surface area contributed by atoms with Gasteiger partial charge in [-0.3, -0.25) is 0 Å². The van der Waals surface area contributed by atoms with Crippen LogP contribution in [0.25, 0.3) is 0 Å². The highest BCUT2D eigenvalue weighted by atomic mass is 79.9. The minimum atomic E-state index is 0.238. The molecule has 0 spiro atoms. The molecule has 2 rings (SSSR count). The molecule has 0 radical (unpaired) electrons. The standard InChI is InChI=1S/C10H10BrClO/c11-8-5-10(13-6-8)7-1-3-9(12)4-2-7/h1-4,8,10H,5-6H2/t8?,10-/m1/s1. The van der Waals surface area contributed by atoms with E-state index in [1.165, 1.54) is 5.56 Å². The van der Waals surface area contributed by atoms with E-state index in [1.807, 2.05) is 24.3 Å². The second-order valence-electron chi connectivity index (χ2n) is 3.21. The summed E-state index contributed by atoms with van der Waals surface area (Å²) in [6.45, 7) is 0.799. The lowest BCUT2D eigenvalue weighted by atomic mass is 10.1. The van der Waals surface area contributed by atoms with Crippen LogP contribution in [-0.4, -0.2) is 11.4 Å². The van der Waals surface area contributed by atoms with Crippen LogP contribution in [-0.2, 0) is 4.74 Å². The van der Waals surface area contributed by atoms with Crippen LogP contribution in [0, 0.1) is 0 Å². The van der Waals surface area contributed by atoms with Gasteiger partial charge in [-0.2, -0.15) is 0 Å². The third kappa shape index (κ3) is 2.25. The summed E-state index contributed by atoms with van der Waals surface area (Å²) in [6.07, 6.45) is 1.28. The van der Waals surface area contributed by atoms with Gasteiger partial charge < -0.3 is 4.74 Å². The summed E-state index contributed by atoms with van der Waals surface area (Å²) < 4.78 is 5.60. The second kappa shape index (κ2) is 3.99. The van der Waals surface area contributed by atoms with Crippen molar-refractivity contribution in [2.24, 2.45) is 0 Å². The number of alkyl halides is 1. The van der Waals surface area contributed by atoms with E-state index in [9.17, 15) is 0 Å². The molecular weight excluding hydrogens is 251 g/mol. The number of hydrogen-bond acceptors (Lipinski definition) is 1. The molecule has 13 heavy (non-hydrogen) atoms. The Labute approximate surface area is 91.2 Å². The molecule has 1 fully saturated rings. The van der Waals surface area contributed by atoms with E-state index in [0.29, 0.717) is 4.83 Å². The van der Waals surface area contributed by atoms with Gasteiger partial charge in [-0.1, -0.05) is 39.7 Å². The van der Waals surface area contributed by atoms with E-state index < -0.39 is 0 Å². The van der Waals surface area contributed by atoms with Crippen LogP contribution in [0.2, 0.25) is 5.02 Å². The topological polar surface area (TPSA) is 9.23 Å². The summed E-state index contributed by atoms with van der Waals surface area (Å²) in [5, 5.41) is 0.775. The third-order valence-corrected chi connectivity index (χ3v) is 3.08. The fourth-order valence-electron chi connectivity index (χ4n) is 1.50. The first-order chi connectivity index (χ1) is 6.25. The number of benzene rings is 1. The molecule has 0 amide bonds. The summed E-state index contributed by atoms with van der Waals surface area (Å²) in [7, 11) is 0. The van der Waals surface area contributed by atoms with Crippen molar-refractivity contribution in [3.8, 4) is 0 Å². The lowest BCUT2D eigenvalue weighted by Gasteiger charge is -2.08. The zero-order chi connectivity index (χ0) is 9.26. The number of halogens is 2. The van der Waals surface area contributed by atoms with E-state index in [4.69, 9.17) is 16.3 Å². The molecule has 70 valence electrons. The average Bonchev–Trinajstić information content (AvgIpc) is 2.53. The quantitative estimate of drug-likeness (QED) is 0.702. The molecule has 1 aromatic carbocycles. The number of hydrogen-bond donors (Lipinski definition) is 0. The number of ether oxygens (including phenoxy) is 1. The van der Waals surface area contributed by atoms with Crippen LogP contribution < -0.4 is 0 Å². The number of rotatable bonds is 1. The fourth-order valence-corrected chi connectivity index (χ4v) is 2.12. The maximum absolute atomic E-state index is 5.80. The molecule has 0 aromatic heterocycles. The lowest BCUT2D eigenvalue weighted by Crippen LogP contribution is -1.94. The van der Waals surface area contributed by atoms with Gasteiger partial charge in [-0.25, -0.2) is 0 Å². The SMILES string of the molecule is Clc1ccc([C@H]2CC(Br)CO2)cc1. The van der Waals surface area contributed by atoms with Gasteiger partial charge in [0.25, 0.3) is 0 Å². The molecule has 1 heterocycles. The highest BCUT2D eigenvalue weighted by Crippen LogP contribution is 2.32. The molecule has 3 heteroatoms. The summed E-state index contributed by atoms with van der Waals surface area (Å²) >= 11 is 9.34. The minimum absolute atomic E-state index is 0.238. The summed E-state index contributed by atoms with van der Waals surface area (Å²) in [5.41, 5.74) is 1.21. The van der Waals surface area contributed by atoms with Gasteiger partial charge in [0.2, 0.25) is 0 Å².